The topological polar surface area (TPSA) is 27.7 Å². The maximum atomic E-state index is 5.70. The third kappa shape index (κ3) is 7.44. The molecule has 0 saturated heterocycles. The van der Waals surface area contributed by atoms with Crippen molar-refractivity contribution in [3.05, 3.63) is 65.7 Å². The van der Waals surface area contributed by atoms with Crippen LogP contribution in [0.2, 0.25) is 0 Å². The van der Waals surface area contributed by atoms with Gasteiger partial charge in [-0.3, -0.25) is 0 Å². The summed E-state index contributed by atoms with van der Waals surface area (Å²) in [5.41, 5.74) is 2.33. The normalized spacial score (nSPS) is 11.0. The van der Waals surface area contributed by atoms with Crippen molar-refractivity contribution >= 4 is 6.08 Å². The van der Waals surface area contributed by atoms with Crippen LogP contribution in [-0.2, 0) is 11.3 Å². The van der Waals surface area contributed by atoms with Crippen molar-refractivity contribution < 1.29 is 14.2 Å². The minimum absolute atomic E-state index is 0.707. The molecule has 0 heterocycles. The molecule has 0 aliphatic heterocycles. The minimum Gasteiger partial charge on any atom is -0.497 e. The molecule has 0 aliphatic carbocycles. The Morgan fingerprint density at radius 1 is 0.840 bits per heavy atom. The van der Waals surface area contributed by atoms with Gasteiger partial charge in [-0.05, 0) is 42.5 Å². The highest BCUT2D eigenvalue weighted by atomic mass is 16.5. The standard InChI is InChI=1S/C22H28O3/c1-23-21-15-20(16-22(17-21)24-2)13-7-4-3-5-10-14-25-18-19-11-8-6-9-12-19/h6-9,11-13,15-17H,3-5,10,14,18H2,1-2H3/b13-7+. The van der Waals surface area contributed by atoms with Crippen LogP contribution in [0.5, 0.6) is 11.5 Å². The highest BCUT2D eigenvalue weighted by Crippen LogP contribution is 2.23. The second kappa shape index (κ2) is 11.3. The first-order valence-corrected chi connectivity index (χ1v) is 8.83. The summed E-state index contributed by atoms with van der Waals surface area (Å²) in [7, 11) is 3.34. The lowest BCUT2D eigenvalue weighted by atomic mass is 10.1. The number of hydrogen-bond acceptors (Lipinski definition) is 3. The van der Waals surface area contributed by atoms with Crippen molar-refractivity contribution in [1.29, 1.82) is 0 Å². The van der Waals surface area contributed by atoms with Gasteiger partial charge in [0.2, 0.25) is 0 Å². The fourth-order valence-corrected chi connectivity index (χ4v) is 2.55. The average molecular weight is 340 g/mol. The third-order valence-corrected chi connectivity index (χ3v) is 3.96. The highest BCUT2D eigenvalue weighted by molar-refractivity contribution is 5.55. The van der Waals surface area contributed by atoms with Gasteiger partial charge in [-0.25, -0.2) is 0 Å². The lowest BCUT2D eigenvalue weighted by Crippen LogP contribution is -1.95. The van der Waals surface area contributed by atoms with E-state index in [9.17, 15) is 0 Å². The number of unbranched alkanes of at least 4 members (excludes halogenated alkanes) is 3. The number of ether oxygens (including phenoxy) is 3. The first-order valence-electron chi connectivity index (χ1n) is 8.83. The molecule has 0 fully saturated rings. The first kappa shape index (κ1) is 19.1. The van der Waals surface area contributed by atoms with E-state index in [1.807, 2.05) is 36.4 Å². The molecule has 0 aliphatic rings. The van der Waals surface area contributed by atoms with Gasteiger partial charge in [-0.1, -0.05) is 48.9 Å². The summed E-state index contributed by atoms with van der Waals surface area (Å²) >= 11 is 0. The Morgan fingerprint density at radius 3 is 2.24 bits per heavy atom. The van der Waals surface area contributed by atoms with E-state index in [1.165, 1.54) is 18.4 Å². The van der Waals surface area contributed by atoms with E-state index in [0.717, 1.165) is 36.5 Å². The van der Waals surface area contributed by atoms with Gasteiger partial charge in [0.15, 0.2) is 0 Å². The van der Waals surface area contributed by atoms with Crippen LogP contribution in [-0.4, -0.2) is 20.8 Å². The molecule has 3 nitrogen and oxygen atoms in total. The predicted molar refractivity (Wildman–Crippen MR) is 103 cm³/mol. The molecule has 0 saturated carbocycles. The number of hydrogen-bond donors (Lipinski definition) is 0. The highest BCUT2D eigenvalue weighted by Gasteiger charge is 1.99. The number of rotatable bonds is 11. The summed E-state index contributed by atoms with van der Waals surface area (Å²) in [4.78, 5) is 0. The monoisotopic (exact) mass is 340 g/mol. The van der Waals surface area contributed by atoms with E-state index < -0.39 is 0 Å². The Bertz CT molecular complexity index is 613. The van der Waals surface area contributed by atoms with Crippen molar-refractivity contribution in [2.75, 3.05) is 20.8 Å². The van der Waals surface area contributed by atoms with Gasteiger partial charge in [-0.15, -0.1) is 0 Å². The number of methoxy groups -OCH3 is 2. The molecule has 134 valence electrons. The largest absolute Gasteiger partial charge is 0.497 e. The molecular formula is C22H28O3. The summed E-state index contributed by atoms with van der Waals surface area (Å²) in [6.45, 7) is 1.53. The maximum absolute atomic E-state index is 5.70. The van der Waals surface area contributed by atoms with E-state index in [2.05, 4.69) is 24.3 Å². The Labute approximate surface area is 151 Å². The molecule has 0 amide bonds. The molecule has 0 N–H and O–H groups in total. The molecule has 25 heavy (non-hydrogen) atoms. The van der Waals surface area contributed by atoms with E-state index in [-0.39, 0.29) is 0 Å². The number of allylic oxidation sites excluding steroid dienone is 1. The molecule has 0 atom stereocenters. The van der Waals surface area contributed by atoms with E-state index >= 15 is 0 Å². The fourth-order valence-electron chi connectivity index (χ4n) is 2.55. The van der Waals surface area contributed by atoms with Gasteiger partial charge >= 0.3 is 0 Å². The van der Waals surface area contributed by atoms with Crippen LogP contribution in [0.3, 0.4) is 0 Å². The number of benzene rings is 2. The molecule has 0 spiro atoms. The van der Waals surface area contributed by atoms with Crippen LogP contribution in [0.1, 0.15) is 36.8 Å². The summed E-state index contributed by atoms with van der Waals surface area (Å²) in [6, 6.07) is 16.2. The molecule has 0 unspecified atom stereocenters. The summed E-state index contributed by atoms with van der Waals surface area (Å²) in [5.74, 6) is 1.63. The van der Waals surface area contributed by atoms with Gasteiger partial charge in [0.05, 0.1) is 20.8 Å². The Balaban J connectivity index is 1.59. The van der Waals surface area contributed by atoms with E-state index in [4.69, 9.17) is 14.2 Å². The zero-order valence-corrected chi connectivity index (χ0v) is 15.2. The van der Waals surface area contributed by atoms with Crippen LogP contribution in [0.25, 0.3) is 6.08 Å². The summed E-state index contributed by atoms with van der Waals surface area (Å²) in [6.07, 6.45) is 8.86. The van der Waals surface area contributed by atoms with Crippen molar-refractivity contribution in [3.8, 4) is 11.5 Å². The third-order valence-electron chi connectivity index (χ3n) is 3.96. The molecule has 2 aromatic rings. The maximum Gasteiger partial charge on any atom is 0.123 e. The van der Waals surface area contributed by atoms with Crippen LogP contribution in [0.15, 0.2) is 54.6 Å². The average Bonchev–Trinajstić information content (AvgIpc) is 2.67. The van der Waals surface area contributed by atoms with Gasteiger partial charge in [0.1, 0.15) is 11.5 Å². The second-order valence-electron chi connectivity index (χ2n) is 5.94. The Hall–Kier alpha value is -2.26. The Morgan fingerprint density at radius 2 is 1.56 bits per heavy atom. The van der Waals surface area contributed by atoms with Gasteiger partial charge in [0, 0.05) is 12.7 Å². The fraction of sp³-hybridized carbons (Fsp3) is 0.364. The lowest BCUT2D eigenvalue weighted by molar-refractivity contribution is 0.117. The second-order valence-corrected chi connectivity index (χ2v) is 5.94. The van der Waals surface area contributed by atoms with Crippen LogP contribution >= 0.6 is 0 Å². The van der Waals surface area contributed by atoms with E-state index in [0.29, 0.717) is 6.61 Å². The smallest absolute Gasteiger partial charge is 0.123 e. The van der Waals surface area contributed by atoms with Gasteiger partial charge < -0.3 is 14.2 Å². The van der Waals surface area contributed by atoms with Crippen LogP contribution < -0.4 is 9.47 Å². The van der Waals surface area contributed by atoms with Crippen molar-refractivity contribution in [2.24, 2.45) is 0 Å². The predicted octanol–water partition coefficient (Wildman–Crippen LogP) is 5.49. The first-order chi connectivity index (χ1) is 12.3. The SMILES string of the molecule is COc1cc(/C=C/CCCCCOCc2ccccc2)cc(OC)c1. The van der Waals surface area contributed by atoms with Gasteiger partial charge in [-0.2, -0.15) is 0 Å². The lowest BCUT2D eigenvalue weighted by Gasteiger charge is -2.06. The quantitative estimate of drug-likeness (QED) is 0.506. The molecular weight excluding hydrogens is 312 g/mol. The summed E-state index contributed by atoms with van der Waals surface area (Å²) < 4.78 is 16.3. The van der Waals surface area contributed by atoms with Crippen molar-refractivity contribution in [3.63, 3.8) is 0 Å². The summed E-state index contributed by atoms with van der Waals surface area (Å²) in [5, 5.41) is 0. The molecule has 3 heteroatoms. The van der Waals surface area contributed by atoms with Gasteiger partial charge in [0.25, 0.3) is 0 Å². The van der Waals surface area contributed by atoms with E-state index in [1.54, 1.807) is 14.2 Å². The molecule has 2 aromatic carbocycles. The zero-order chi connectivity index (χ0) is 17.7. The molecule has 2 rings (SSSR count). The van der Waals surface area contributed by atoms with Crippen molar-refractivity contribution in [1.82, 2.24) is 0 Å². The van der Waals surface area contributed by atoms with Crippen molar-refractivity contribution in [2.45, 2.75) is 32.3 Å². The molecule has 0 bridgehead atoms. The molecule has 0 aromatic heterocycles. The van der Waals surface area contributed by atoms with Crippen LogP contribution in [0.4, 0.5) is 0 Å². The molecule has 0 radical (unpaired) electrons. The minimum atomic E-state index is 0.707. The van der Waals surface area contributed by atoms with Crippen LogP contribution in [0, 0.1) is 0 Å². The zero-order valence-electron chi connectivity index (χ0n) is 15.2. The Kier molecular flexibility index (Phi) is 8.64.